The van der Waals surface area contributed by atoms with Gasteiger partial charge in [-0.2, -0.15) is 0 Å². The molecule has 0 saturated carbocycles. The van der Waals surface area contributed by atoms with Crippen LogP contribution in [0.2, 0.25) is 0 Å². The van der Waals surface area contributed by atoms with Crippen LogP contribution < -0.4 is 5.73 Å². The predicted molar refractivity (Wildman–Crippen MR) is 159 cm³/mol. The van der Waals surface area contributed by atoms with Crippen molar-refractivity contribution >= 4 is 103 Å². The monoisotopic (exact) mass is 876 g/mol. The van der Waals surface area contributed by atoms with E-state index < -0.39 is 62.1 Å². The molecule has 1 aromatic rings. The van der Waals surface area contributed by atoms with E-state index in [9.17, 15) is 39.3 Å². The number of nitrogens with two attached hydrogens (primary N) is 1. The molecule has 0 bridgehead atoms. The van der Waals surface area contributed by atoms with E-state index in [1.807, 2.05) is 22.6 Å². The molecule has 0 amide bonds. The predicted octanol–water partition coefficient (Wildman–Crippen LogP) is 0.323. The number of hydrogen-bond donors (Lipinski definition) is 6. The minimum Gasteiger partial charge on any atom is -0.480 e. The standard InChI is InChI=1S/C21H27I3N4O10/c22-12-6-13(23)20(25)19(24)11(12)5-14(21(37)38)28(10-18(35)36)4-3-26(7-15(29)30)1-2-27(8-16(31)32)9-17(33)34/h6,14H,1-5,7-10,25H2,(H,29,30)(H,31,32)(H,33,34)(H,35,36)(H,37,38). The van der Waals surface area contributed by atoms with Crippen LogP contribution in [0.1, 0.15) is 5.56 Å². The van der Waals surface area contributed by atoms with E-state index in [1.54, 1.807) is 6.07 Å². The maximum absolute atomic E-state index is 12.2. The first kappa shape index (κ1) is 34.5. The zero-order valence-electron chi connectivity index (χ0n) is 19.8. The second-order valence-corrected chi connectivity index (χ2v) is 11.5. The minimum absolute atomic E-state index is 0.0467. The molecule has 0 aromatic heterocycles. The molecule has 1 aromatic carbocycles. The molecule has 212 valence electrons. The van der Waals surface area contributed by atoms with Crippen molar-refractivity contribution in [3.8, 4) is 0 Å². The fourth-order valence-corrected chi connectivity index (χ4v) is 7.34. The molecule has 0 aliphatic rings. The van der Waals surface area contributed by atoms with Gasteiger partial charge in [-0.3, -0.25) is 38.7 Å². The number of carboxylic acids is 5. The number of anilines is 1. The van der Waals surface area contributed by atoms with Crippen LogP contribution in [0.5, 0.6) is 0 Å². The molecule has 38 heavy (non-hydrogen) atoms. The average Bonchev–Trinajstić information content (AvgIpc) is 2.77. The smallest absolute Gasteiger partial charge is 0.321 e. The van der Waals surface area contributed by atoms with Crippen LogP contribution in [-0.4, -0.2) is 128 Å². The molecule has 7 N–H and O–H groups in total. The normalized spacial score (nSPS) is 12.2. The van der Waals surface area contributed by atoms with Crippen LogP contribution in [-0.2, 0) is 30.4 Å². The van der Waals surface area contributed by atoms with E-state index in [1.165, 1.54) is 9.80 Å². The number of hydrogen-bond acceptors (Lipinski definition) is 9. The highest BCUT2D eigenvalue weighted by Crippen LogP contribution is 2.31. The Balaban J connectivity index is 3.15. The van der Waals surface area contributed by atoms with Gasteiger partial charge in [-0.05, 0) is 79.4 Å². The van der Waals surface area contributed by atoms with Gasteiger partial charge in [0, 0.05) is 43.3 Å². The number of nitrogen functional groups attached to an aromatic ring is 1. The largest absolute Gasteiger partial charge is 0.480 e. The van der Waals surface area contributed by atoms with Gasteiger partial charge in [0.1, 0.15) is 6.04 Å². The molecule has 0 aliphatic carbocycles. The minimum atomic E-state index is -1.28. The van der Waals surface area contributed by atoms with Gasteiger partial charge in [-0.1, -0.05) is 0 Å². The highest BCUT2D eigenvalue weighted by Gasteiger charge is 2.30. The topological polar surface area (TPSA) is 222 Å². The number of benzene rings is 1. The zero-order valence-corrected chi connectivity index (χ0v) is 26.3. The summed E-state index contributed by atoms with van der Waals surface area (Å²) >= 11 is 6.14. The first-order valence-electron chi connectivity index (χ1n) is 10.8. The molecule has 0 aliphatic heterocycles. The number of carboxylic acid groups (broad SMARTS) is 5. The van der Waals surface area contributed by atoms with Crippen molar-refractivity contribution in [3.63, 3.8) is 0 Å². The van der Waals surface area contributed by atoms with E-state index in [0.717, 1.165) is 12.0 Å². The van der Waals surface area contributed by atoms with Gasteiger partial charge in [0.2, 0.25) is 0 Å². The third-order valence-electron chi connectivity index (χ3n) is 5.27. The van der Waals surface area contributed by atoms with Crippen LogP contribution in [0, 0.1) is 10.7 Å². The van der Waals surface area contributed by atoms with Crippen LogP contribution in [0.25, 0.3) is 0 Å². The van der Waals surface area contributed by atoms with Crippen LogP contribution in [0.3, 0.4) is 0 Å². The van der Waals surface area contributed by atoms with Crippen molar-refractivity contribution in [1.82, 2.24) is 14.7 Å². The third kappa shape index (κ3) is 12.1. The van der Waals surface area contributed by atoms with E-state index in [4.69, 9.17) is 15.9 Å². The molecule has 0 spiro atoms. The van der Waals surface area contributed by atoms with Crippen LogP contribution in [0.15, 0.2) is 6.07 Å². The van der Waals surface area contributed by atoms with Crippen molar-refractivity contribution in [2.75, 3.05) is 58.1 Å². The van der Waals surface area contributed by atoms with Gasteiger partial charge in [0.25, 0.3) is 0 Å². The molecule has 1 atom stereocenters. The maximum atomic E-state index is 12.2. The maximum Gasteiger partial charge on any atom is 0.321 e. The summed E-state index contributed by atoms with van der Waals surface area (Å²) in [7, 11) is 0. The highest BCUT2D eigenvalue weighted by molar-refractivity contribution is 14.1. The van der Waals surface area contributed by atoms with Crippen molar-refractivity contribution in [2.45, 2.75) is 12.5 Å². The lowest BCUT2D eigenvalue weighted by molar-refractivity contribution is -0.147. The molecule has 0 radical (unpaired) electrons. The Hall–Kier alpha value is -1.56. The van der Waals surface area contributed by atoms with E-state index in [2.05, 4.69) is 45.2 Å². The number of rotatable bonds is 18. The summed E-state index contributed by atoms with van der Waals surface area (Å²) in [5, 5.41) is 46.7. The van der Waals surface area contributed by atoms with Crippen LogP contribution in [0.4, 0.5) is 5.69 Å². The number of carbonyl (C=O) groups is 5. The first-order valence-corrected chi connectivity index (χ1v) is 14.1. The Bertz CT molecular complexity index is 1040. The van der Waals surface area contributed by atoms with Crippen molar-refractivity contribution in [3.05, 3.63) is 22.3 Å². The third-order valence-corrected chi connectivity index (χ3v) is 8.36. The SMILES string of the molecule is Nc1c(I)cc(I)c(CC(C(=O)O)N(CCN(CCN(CC(=O)O)CC(=O)O)CC(=O)O)CC(=O)O)c1I. The Morgan fingerprint density at radius 2 is 1.16 bits per heavy atom. The summed E-state index contributed by atoms with van der Waals surface area (Å²) in [6.45, 7) is -2.63. The van der Waals surface area contributed by atoms with Gasteiger partial charge in [0.05, 0.1) is 31.9 Å². The van der Waals surface area contributed by atoms with Crippen molar-refractivity contribution in [1.29, 1.82) is 0 Å². The van der Waals surface area contributed by atoms with Crippen LogP contribution >= 0.6 is 67.8 Å². The number of nitrogens with zero attached hydrogens (tertiary/aromatic N) is 3. The lowest BCUT2D eigenvalue weighted by Gasteiger charge is -2.31. The van der Waals surface area contributed by atoms with E-state index >= 15 is 0 Å². The van der Waals surface area contributed by atoms with Gasteiger partial charge < -0.3 is 31.3 Å². The van der Waals surface area contributed by atoms with Gasteiger partial charge in [-0.15, -0.1) is 0 Å². The Morgan fingerprint density at radius 3 is 1.63 bits per heavy atom. The Morgan fingerprint density at radius 1 is 0.711 bits per heavy atom. The molecular formula is C21H27I3N4O10. The molecule has 14 nitrogen and oxygen atoms in total. The second-order valence-electron chi connectivity index (χ2n) is 8.14. The molecular weight excluding hydrogens is 849 g/mol. The van der Waals surface area contributed by atoms with Gasteiger partial charge in [0.15, 0.2) is 0 Å². The average molecular weight is 876 g/mol. The molecule has 0 saturated heterocycles. The molecule has 0 heterocycles. The quantitative estimate of drug-likeness (QED) is 0.0865. The summed E-state index contributed by atoms with van der Waals surface area (Å²) in [5.74, 6) is -6.27. The highest BCUT2D eigenvalue weighted by atomic mass is 127. The Labute approximate surface area is 258 Å². The summed E-state index contributed by atoms with van der Waals surface area (Å²) < 4.78 is 2.21. The number of halogens is 3. The molecule has 0 fully saturated rings. The van der Waals surface area contributed by atoms with Crippen molar-refractivity contribution < 1.29 is 49.5 Å². The summed E-state index contributed by atoms with van der Waals surface area (Å²) in [6, 6.07) is 0.526. The fourth-order valence-electron chi connectivity index (χ4n) is 3.53. The lowest BCUT2D eigenvalue weighted by atomic mass is 10.0. The lowest BCUT2D eigenvalue weighted by Crippen LogP contribution is -2.50. The van der Waals surface area contributed by atoms with Crippen molar-refractivity contribution in [2.24, 2.45) is 0 Å². The first-order chi connectivity index (χ1) is 17.6. The van der Waals surface area contributed by atoms with Gasteiger partial charge in [-0.25, -0.2) is 0 Å². The molecule has 17 heteroatoms. The second kappa shape index (κ2) is 16.5. The Kier molecular flexibility index (Phi) is 15.0. The summed E-state index contributed by atoms with van der Waals surface area (Å²) in [5.41, 5.74) is 7.24. The summed E-state index contributed by atoms with van der Waals surface area (Å²) in [4.78, 5) is 61.0. The fraction of sp³-hybridized carbons (Fsp3) is 0.476. The van der Waals surface area contributed by atoms with E-state index in [-0.39, 0.29) is 32.6 Å². The summed E-state index contributed by atoms with van der Waals surface area (Å²) in [6.07, 6.45) is -0.0514. The molecule has 1 unspecified atom stereocenters. The molecule has 1 rings (SSSR count). The van der Waals surface area contributed by atoms with Gasteiger partial charge >= 0.3 is 29.8 Å². The van der Waals surface area contributed by atoms with E-state index in [0.29, 0.717) is 14.8 Å². The number of aliphatic carboxylic acids is 5. The zero-order chi connectivity index (χ0) is 29.2.